The molecule has 1 fully saturated rings. The number of hydrogen-bond acceptors (Lipinski definition) is 8. The van der Waals surface area contributed by atoms with Crippen LogP contribution in [0.25, 0.3) is 10.7 Å². The lowest BCUT2D eigenvalue weighted by molar-refractivity contribution is 0.584. The zero-order valence-electron chi connectivity index (χ0n) is 14.6. The van der Waals surface area contributed by atoms with Gasteiger partial charge in [-0.2, -0.15) is 5.10 Å². The van der Waals surface area contributed by atoms with Gasteiger partial charge in [-0.3, -0.25) is 5.10 Å². The number of aromatic amines is 1. The van der Waals surface area contributed by atoms with Gasteiger partial charge in [0.05, 0.1) is 11.1 Å². The molecule has 0 spiro atoms. The Morgan fingerprint density at radius 2 is 2.21 bits per heavy atom. The van der Waals surface area contributed by atoms with Crippen molar-refractivity contribution < 1.29 is 14.1 Å². The Hall–Kier alpha value is -2.05. The van der Waals surface area contributed by atoms with Crippen LogP contribution in [0.3, 0.4) is 0 Å². The number of nitrogens with zero attached hydrogens (tertiary/aromatic N) is 3. The lowest BCUT2D eigenvalue weighted by Gasteiger charge is -2.06. The number of H-pyrrole nitrogens is 1. The average molecular weight is 448 g/mol. The van der Waals surface area contributed by atoms with Crippen LogP contribution in [0.2, 0.25) is 5.02 Å². The number of rotatable bonds is 8. The van der Waals surface area contributed by atoms with E-state index < -0.39 is 10.0 Å². The van der Waals surface area contributed by atoms with Crippen LogP contribution in [-0.2, 0) is 10.0 Å². The van der Waals surface area contributed by atoms with Gasteiger partial charge in [0.25, 0.3) is 0 Å². The first-order valence-electron chi connectivity index (χ1n) is 8.61. The third-order valence-corrected chi connectivity index (χ3v) is 7.42. The zero-order chi connectivity index (χ0) is 19.7. The summed E-state index contributed by atoms with van der Waals surface area (Å²) in [5.41, 5.74) is 6.44. The van der Waals surface area contributed by atoms with Crippen LogP contribution >= 0.6 is 22.9 Å². The van der Waals surface area contributed by atoms with Gasteiger partial charge in [0, 0.05) is 36.5 Å². The molecular formula is C16H26ClN7O2S2. The van der Waals surface area contributed by atoms with Crippen LogP contribution in [0.4, 0.5) is 11.6 Å². The molecule has 3 aromatic rings. The number of hydrogen-bond donors (Lipinski definition) is 4. The monoisotopic (exact) mass is 447 g/mol. The molecule has 0 amide bonds. The van der Waals surface area contributed by atoms with E-state index in [4.69, 9.17) is 17.3 Å². The van der Waals surface area contributed by atoms with Gasteiger partial charge in [-0.15, -0.1) is 11.3 Å². The Morgan fingerprint density at radius 3 is 2.96 bits per heavy atom. The van der Waals surface area contributed by atoms with Gasteiger partial charge in [-0.1, -0.05) is 11.6 Å². The number of nitrogens with one attached hydrogen (secondary N) is 3. The van der Waals surface area contributed by atoms with E-state index in [1.54, 1.807) is 6.07 Å². The van der Waals surface area contributed by atoms with Crippen LogP contribution in [-0.4, -0.2) is 41.7 Å². The molecule has 3 heterocycles. The summed E-state index contributed by atoms with van der Waals surface area (Å²) < 4.78 is 27.0. The molecule has 0 aromatic carbocycles. The number of aromatic nitrogens is 4. The number of halogens is 1. The smallest absolute Gasteiger partial charge is 0.250 e. The second-order valence-corrected chi connectivity index (χ2v) is 9.79. The molecule has 0 radical (unpaired) electrons. The highest BCUT2D eigenvalue weighted by molar-refractivity contribution is 7.91. The second-order valence-electron chi connectivity index (χ2n) is 6.30. The maximum absolute atomic E-state index is 12.2. The number of nitrogens with two attached hydrogens (primary N) is 1. The van der Waals surface area contributed by atoms with E-state index in [1.165, 1.54) is 25.1 Å². The molecule has 0 saturated heterocycles. The second kappa shape index (κ2) is 7.76. The molecule has 1 aliphatic carbocycles. The third-order valence-electron chi connectivity index (χ3n) is 4.11. The number of sulfonamides is 1. The minimum atomic E-state index is -3.60. The van der Waals surface area contributed by atoms with Gasteiger partial charge in [0.1, 0.15) is 9.23 Å². The normalized spacial score (nSPS) is 14.4. The summed E-state index contributed by atoms with van der Waals surface area (Å²) in [7, 11) is -3.60. The lowest BCUT2D eigenvalue weighted by atomic mass is 10.3. The SMILES string of the molecule is NCCNS(=O)(=O)c1ccc(-c2ncc(Cl)c(Nc3cc(C4CC4)[nH]n3)n2)s1.[HH].[HH].[HH].[HH]. The van der Waals surface area contributed by atoms with Crippen LogP contribution in [0.5, 0.6) is 0 Å². The van der Waals surface area contributed by atoms with Crippen molar-refractivity contribution in [2.45, 2.75) is 23.0 Å². The zero-order valence-corrected chi connectivity index (χ0v) is 17.0. The van der Waals surface area contributed by atoms with Crippen molar-refractivity contribution in [3.05, 3.63) is 35.1 Å². The molecule has 9 nitrogen and oxygen atoms in total. The largest absolute Gasteiger partial charge is 0.329 e. The third kappa shape index (κ3) is 4.18. The van der Waals surface area contributed by atoms with Crippen LogP contribution in [0.1, 0.15) is 30.2 Å². The quantitative estimate of drug-likeness (QED) is 0.414. The van der Waals surface area contributed by atoms with Gasteiger partial charge in [0.2, 0.25) is 10.0 Å². The molecule has 4 rings (SSSR count). The van der Waals surface area contributed by atoms with Crippen molar-refractivity contribution in [1.29, 1.82) is 0 Å². The molecule has 156 valence electrons. The molecule has 5 N–H and O–H groups in total. The van der Waals surface area contributed by atoms with E-state index in [2.05, 4.69) is 30.2 Å². The predicted octanol–water partition coefficient (Wildman–Crippen LogP) is 3.42. The Balaban J connectivity index is 0.00000240. The summed E-state index contributed by atoms with van der Waals surface area (Å²) >= 11 is 7.28. The van der Waals surface area contributed by atoms with E-state index >= 15 is 0 Å². The van der Waals surface area contributed by atoms with E-state index in [-0.39, 0.29) is 23.0 Å². The number of thiophene rings is 1. The van der Waals surface area contributed by atoms with Gasteiger partial charge in [-0.25, -0.2) is 23.1 Å². The summed E-state index contributed by atoms with van der Waals surface area (Å²) in [5.74, 6) is 1.95. The fourth-order valence-corrected chi connectivity index (χ4v) is 5.03. The van der Waals surface area contributed by atoms with Gasteiger partial charge in [0.15, 0.2) is 17.5 Å². The van der Waals surface area contributed by atoms with Gasteiger partial charge < -0.3 is 11.1 Å². The summed E-state index contributed by atoms with van der Waals surface area (Å²) in [6, 6.07) is 5.11. The summed E-state index contributed by atoms with van der Waals surface area (Å²) in [6.45, 7) is 0.399. The molecule has 0 aliphatic heterocycles. The summed E-state index contributed by atoms with van der Waals surface area (Å²) in [6.07, 6.45) is 3.81. The topological polar surface area (TPSA) is 139 Å². The van der Waals surface area contributed by atoms with Gasteiger partial charge in [-0.05, 0) is 25.0 Å². The molecule has 0 bridgehead atoms. The van der Waals surface area contributed by atoms with Crippen molar-refractivity contribution in [1.82, 2.24) is 24.9 Å². The van der Waals surface area contributed by atoms with E-state index in [0.29, 0.717) is 33.3 Å². The molecule has 0 unspecified atom stereocenters. The fourth-order valence-electron chi connectivity index (χ4n) is 2.55. The summed E-state index contributed by atoms with van der Waals surface area (Å²) in [4.78, 5) is 9.25. The molecule has 1 aliphatic rings. The molecule has 0 atom stereocenters. The van der Waals surface area contributed by atoms with E-state index in [9.17, 15) is 8.42 Å². The maximum atomic E-state index is 12.2. The van der Waals surface area contributed by atoms with Crippen molar-refractivity contribution in [2.75, 3.05) is 18.4 Å². The predicted molar refractivity (Wildman–Crippen MR) is 117 cm³/mol. The molecule has 1 saturated carbocycles. The van der Waals surface area contributed by atoms with Crippen molar-refractivity contribution in [3.63, 3.8) is 0 Å². The first-order chi connectivity index (χ1) is 13.5. The minimum Gasteiger partial charge on any atom is -0.329 e. The van der Waals surface area contributed by atoms with Crippen molar-refractivity contribution in [3.8, 4) is 10.7 Å². The van der Waals surface area contributed by atoms with E-state index in [1.807, 2.05) is 6.07 Å². The maximum Gasteiger partial charge on any atom is 0.250 e. The average Bonchev–Trinajstić information content (AvgIpc) is 3.21. The van der Waals surface area contributed by atoms with Crippen LogP contribution in [0, 0.1) is 0 Å². The van der Waals surface area contributed by atoms with Crippen LogP contribution < -0.4 is 15.8 Å². The standard InChI is InChI=1S/C16H18ClN7O2S2.4H2/c17-10-8-19-16(12-3-4-14(27-12)28(25,26)20-6-5-18)22-15(10)21-13-7-11(23-24-13)9-1-2-9;;;;/h3-4,7-9,20H,1-2,5-6,18H2,(H2,19,21,22,23,24);4*1H. The lowest BCUT2D eigenvalue weighted by Crippen LogP contribution is -2.28. The number of anilines is 2. The minimum absolute atomic E-state index is 0. The molecule has 12 heteroatoms. The highest BCUT2D eigenvalue weighted by atomic mass is 35.5. The fraction of sp³-hybridized carbons (Fsp3) is 0.312. The molecule has 28 heavy (non-hydrogen) atoms. The highest BCUT2D eigenvalue weighted by Gasteiger charge is 2.25. The first kappa shape index (κ1) is 19.3. The Morgan fingerprint density at radius 1 is 1.39 bits per heavy atom. The Labute approximate surface area is 176 Å². The van der Waals surface area contributed by atoms with Crippen LogP contribution in [0.15, 0.2) is 28.6 Å². The Kier molecular flexibility index (Phi) is 5.34. The highest BCUT2D eigenvalue weighted by Crippen LogP contribution is 2.40. The van der Waals surface area contributed by atoms with Gasteiger partial charge >= 0.3 is 0 Å². The molecular weight excluding hydrogens is 422 g/mol. The molecule has 3 aromatic heterocycles. The summed E-state index contributed by atoms with van der Waals surface area (Å²) in [5, 5.41) is 10.7. The first-order valence-corrected chi connectivity index (χ1v) is 11.3. The van der Waals surface area contributed by atoms with Crippen molar-refractivity contribution >= 4 is 44.6 Å². The Bertz CT molecular complexity index is 1110. The van der Waals surface area contributed by atoms with E-state index in [0.717, 1.165) is 17.0 Å². The van der Waals surface area contributed by atoms with Crippen molar-refractivity contribution in [2.24, 2.45) is 5.73 Å².